The number of aryl methyl sites for hydroxylation is 1. The summed E-state index contributed by atoms with van der Waals surface area (Å²) in [5.74, 6) is 1.12. The first-order chi connectivity index (χ1) is 6.72. The largest absolute Gasteiger partial charge is 0.344 e. The summed E-state index contributed by atoms with van der Waals surface area (Å²) < 4.78 is 0.982. The molecule has 0 spiro atoms. The van der Waals surface area contributed by atoms with Crippen molar-refractivity contribution >= 4 is 15.9 Å². The van der Waals surface area contributed by atoms with Gasteiger partial charge in [0, 0.05) is 5.69 Å². The number of hydrogen-bond acceptors (Lipinski definition) is 2. The highest BCUT2D eigenvalue weighted by atomic mass is 79.9. The lowest BCUT2D eigenvalue weighted by molar-refractivity contribution is 0.307. The molecule has 1 aromatic heterocycles. The van der Waals surface area contributed by atoms with E-state index >= 15 is 0 Å². The lowest BCUT2D eigenvalue weighted by atomic mass is 10.2. The first-order valence-electron chi connectivity index (χ1n) is 5.17. The second-order valence-electron chi connectivity index (χ2n) is 3.88. The topological polar surface area (TPSA) is 31.9 Å². The third kappa shape index (κ3) is 1.73. The van der Waals surface area contributed by atoms with Crippen LogP contribution in [0.3, 0.4) is 0 Å². The van der Waals surface area contributed by atoms with Crippen molar-refractivity contribution in [2.45, 2.75) is 32.2 Å². The molecule has 1 aromatic rings. The number of rotatable bonds is 2. The van der Waals surface area contributed by atoms with Crippen LogP contribution in [0.5, 0.6) is 0 Å². The number of imidazole rings is 1. The summed E-state index contributed by atoms with van der Waals surface area (Å²) in [6.45, 7) is 3.32. The van der Waals surface area contributed by atoms with Crippen LogP contribution in [0.15, 0.2) is 4.60 Å². The Hall–Kier alpha value is -0.350. The second kappa shape index (κ2) is 4.03. The van der Waals surface area contributed by atoms with Crippen molar-refractivity contribution in [1.29, 1.82) is 0 Å². The van der Waals surface area contributed by atoms with Gasteiger partial charge in [-0.3, -0.25) is 4.90 Å². The van der Waals surface area contributed by atoms with Gasteiger partial charge in [0.25, 0.3) is 0 Å². The van der Waals surface area contributed by atoms with E-state index < -0.39 is 0 Å². The van der Waals surface area contributed by atoms with Crippen LogP contribution >= 0.6 is 15.9 Å². The fraction of sp³-hybridized carbons (Fsp3) is 0.700. The zero-order valence-corrected chi connectivity index (χ0v) is 10.3. The number of nitrogens with one attached hydrogen (secondary N) is 1. The molecule has 2 rings (SSSR count). The maximum atomic E-state index is 4.53. The van der Waals surface area contributed by atoms with Gasteiger partial charge in [0.05, 0.1) is 6.04 Å². The molecule has 1 aliphatic heterocycles. The summed E-state index contributed by atoms with van der Waals surface area (Å²) in [5.41, 5.74) is 1.21. The van der Waals surface area contributed by atoms with Gasteiger partial charge in [0.1, 0.15) is 10.4 Å². The standard InChI is InChI=1S/C10H16BrN3/c1-3-7-9(11)13-10(12-7)8-5-4-6-14(8)2/h8H,3-6H2,1-2H3,(H,12,13)/t8-/m0/s1. The molecule has 78 valence electrons. The zero-order valence-electron chi connectivity index (χ0n) is 8.68. The van der Waals surface area contributed by atoms with Gasteiger partial charge in [0.2, 0.25) is 0 Å². The zero-order chi connectivity index (χ0) is 10.1. The average molecular weight is 258 g/mol. The molecular weight excluding hydrogens is 242 g/mol. The van der Waals surface area contributed by atoms with Gasteiger partial charge in [-0.05, 0) is 48.8 Å². The first kappa shape index (κ1) is 10.2. The van der Waals surface area contributed by atoms with Crippen LogP contribution in [-0.2, 0) is 6.42 Å². The molecule has 1 saturated heterocycles. The number of halogens is 1. The Kier molecular flexibility index (Phi) is 2.93. The molecular formula is C10H16BrN3. The van der Waals surface area contributed by atoms with E-state index in [4.69, 9.17) is 0 Å². The molecule has 1 N–H and O–H groups in total. The number of aromatic amines is 1. The molecule has 1 atom stereocenters. The van der Waals surface area contributed by atoms with Crippen LogP contribution in [0.2, 0.25) is 0 Å². The van der Waals surface area contributed by atoms with Gasteiger partial charge in [-0.25, -0.2) is 4.98 Å². The molecule has 14 heavy (non-hydrogen) atoms. The van der Waals surface area contributed by atoms with Crippen molar-refractivity contribution in [3.8, 4) is 0 Å². The molecule has 2 heterocycles. The van der Waals surface area contributed by atoms with E-state index in [1.165, 1.54) is 25.1 Å². The summed E-state index contributed by atoms with van der Waals surface area (Å²) >= 11 is 3.48. The van der Waals surface area contributed by atoms with Gasteiger partial charge in [-0.15, -0.1) is 0 Å². The Morgan fingerprint density at radius 3 is 2.93 bits per heavy atom. The number of likely N-dealkylation sites (tertiary alicyclic amines) is 1. The SMILES string of the molecule is CCc1[nH]c([C@@H]2CCCN2C)nc1Br. The predicted octanol–water partition coefficient (Wildman–Crippen LogP) is 2.50. The highest BCUT2D eigenvalue weighted by Gasteiger charge is 2.25. The van der Waals surface area contributed by atoms with Gasteiger partial charge in [0.15, 0.2) is 0 Å². The Bertz CT molecular complexity index is 321. The van der Waals surface area contributed by atoms with Crippen LogP contribution in [0, 0.1) is 0 Å². The Morgan fingerprint density at radius 2 is 2.43 bits per heavy atom. The van der Waals surface area contributed by atoms with Crippen LogP contribution in [0.1, 0.15) is 37.3 Å². The van der Waals surface area contributed by atoms with Gasteiger partial charge < -0.3 is 4.98 Å². The molecule has 1 aliphatic rings. The Morgan fingerprint density at radius 1 is 1.64 bits per heavy atom. The molecule has 0 saturated carbocycles. The normalized spacial score (nSPS) is 23.2. The first-order valence-corrected chi connectivity index (χ1v) is 5.96. The second-order valence-corrected chi connectivity index (χ2v) is 4.63. The highest BCUT2D eigenvalue weighted by Crippen LogP contribution is 2.30. The minimum atomic E-state index is 0.492. The number of aromatic nitrogens is 2. The van der Waals surface area contributed by atoms with Crippen molar-refractivity contribution in [2.24, 2.45) is 0 Å². The molecule has 0 aromatic carbocycles. The van der Waals surface area contributed by atoms with Crippen LogP contribution in [0.25, 0.3) is 0 Å². The Labute approximate surface area is 93.0 Å². The highest BCUT2D eigenvalue weighted by molar-refractivity contribution is 9.10. The van der Waals surface area contributed by atoms with E-state index in [0.717, 1.165) is 16.8 Å². The van der Waals surface area contributed by atoms with E-state index in [2.05, 4.69) is 44.8 Å². The average Bonchev–Trinajstić information content (AvgIpc) is 2.71. The molecule has 0 unspecified atom stereocenters. The van der Waals surface area contributed by atoms with E-state index in [9.17, 15) is 0 Å². The monoisotopic (exact) mass is 257 g/mol. The van der Waals surface area contributed by atoms with E-state index in [1.54, 1.807) is 0 Å². The van der Waals surface area contributed by atoms with Crippen LogP contribution in [0.4, 0.5) is 0 Å². The predicted molar refractivity (Wildman–Crippen MR) is 60.3 cm³/mol. The fourth-order valence-electron chi connectivity index (χ4n) is 2.06. The van der Waals surface area contributed by atoms with Crippen LogP contribution < -0.4 is 0 Å². The molecule has 0 aliphatic carbocycles. The molecule has 0 amide bonds. The number of nitrogens with zero attached hydrogens (tertiary/aromatic N) is 2. The fourth-order valence-corrected chi connectivity index (χ4v) is 2.63. The molecule has 3 nitrogen and oxygen atoms in total. The van der Waals surface area contributed by atoms with Crippen molar-refractivity contribution in [3.05, 3.63) is 16.1 Å². The maximum Gasteiger partial charge on any atom is 0.127 e. The molecule has 4 heteroatoms. The summed E-state index contributed by atoms with van der Waals surface area (Å²) in [7, 11) is 2.17. The molecule has 0 radical (unpaired) electrons. The third-order valence-electron chi connectivity index (χ3n) is 2.94. The molecule has 1 fully saturated rings. The van der Waals surface area contributed by atoms with Crippen LogP contribution in [-0.4, -0.2) is 28.5 Å². The maximum absolute atomic E-state index is 4.53. The van der Waals surface area contributed by atoms with Crippen molar-refractivity contribution in [3.63, 3.8) is 0 Å². The van der Waals surface area contributed by atoms with Crippen molar-refractivity contribution in [1.82, 2.24) is 14.9 Å². The molecule has 0 bridgehead atoms. The van der Waals surface area contributed by atoms with E-state index in [0.29, 0.717) is 6.04 Å². The number of H-pyrrole nitrogens is 1. The lowest BCUT2D eigenvalue weighted by Crippen LogP contribution is -2.18. The summed E-state index contributed by atoms with van der Waals surface area (Å²) in [6.07, 6.45) is 3.50. The minimum Gasteiger partial charge on any atom is -0.344 e. The smallest absolute Gasteiger partial charge is 0.127 e. The van der Waals surface area contributed by atoms with Gasteiger partial charge in [-0.2, -0.15) is 0 Å². The Balaban J connectivity index is 2.23. The van der Waals surface area contributed by atoms with Gasteiger partial charge in [-0.1, -0.05) is 6.92 Å². The number of hydrogen-bond donors (Lipinski definition) is 1. The quantitative estimate of drug-likeness (QED) is 0.883. The van der Waals surface area contributed by atoms with Crippen molar-refractivity contribution < 1.29 is 0 Å². The van der Waals surface area contributed by atoms with E-state index in [1.807, 2.05) is 0 Å². The van der Waals surface area contributed by atoms with Gasteiger partial charge >= 0.3 is 0 Å². The summed E-state index contributed by atoms with van der Waals surface area (Å²) in [5, 5.41) is 0. The van der Waals surface area contributed by atoms with Crippen molar-refractivity contribution in [2.75, 3.05) is 13.6 Å². The van der Waals surface area contributed by atoms with E-state index in [-0.39, 0.29) is 0 Å². The lowest BCUT2D eigenvalue weighted by Gasteiger charge is -2.16. The third-order valence-corrected chi connectivity index (χ3v) is 3.59. The summed E-state index contributed by atoms with van der Waals surface area (Å²) in [6, 6.07) is 0.492. The minimum absolute atomic E-state index is 0.492. The summed E-state index contributed by atoms with van der Waals surface area (Å²) in [4.78, 5) is 10.3.